The summed E-state index contributed by atoms with van der Waals surface area (Å²) >= 11 is 0. The smallest absolute Gasteiger partial charge is 0.228 e. The molecule has 0 aliphatic carbocycles. The molecule has 0 heterocycles. The van der Waals surface area contributed by atoms with E-state index in [9.17, 15) is 4.79 Å². The van der Waals surface area contributed by atoms with E-state index in [0.29, 0.717) is 0 Å². The van der Waals surface area contributed by atoms with E-state index in [1.54, 1.807) is 0 Å². The first kappa shape index (κ1) is 15.5. The fourth-order valence-electron chi connectivity index (χ4n) is 2.75. The molecular weight excluding hydrogens is 258 g/mol. The third kappa shape index (κ3) is 2.45. The van der Waals surface area contributed by atoms with Gasteiger partial charge in [0.2, 0.25) is 5.91 Å². The number of rotatable bonds is 4. The van der Waals surface area contributed by atoms with E-state index >= 15 is 0 Å². The number of hydrogen-bond acceptors (Lipinski definition) is 1. The molecule has 0 aliphatic rings. The highest BCUT2D eigenvalue weighted by atomic mass is 35.5. The Morgan fingerprint density at radius 1 is 1.05 bits per heavy atom. The Morgan fingerprint density at radius 2 is 1.63 bits per heavy atom. The van der Waals surface area contributed by atoms with Crippen molar-refractivity contribution in [1.82, 2.24) is 0 Å². The van der Waals surface area contributed by atoms with E-state index in [0.717, 1.165) is 29.2 Å². The van der Waals surface area contributed by atoms with Crippen LogP contribution < -0.4 is 5.73 Å². The number of amides is 1. The van der Waals surface area contributed by atoms with E-state index in [2.05, 4.69) is 18.2 Å². The van der Waals surface area contributed by atoms with Gasteiger partial charge >= 0.3 is 0 Å². The van der Waals surface area contributed by atoms with Crippen LogP contribution in [0, 0.1) is 0 Å². The molecule has 3 heteroatoms. The molecule has 0 fully saturated rings. The van der Waals surface area contributed by atoms with E-state index < -0.39 is 5.41 Å². The van der Waals surface area contributed by atoms with Crippen molar-refractivity contribution >= 4 is 29.1 Å². The van der Waals surface area contributed by atoms with Crippen LogP contribution in [0.3, 0.4) is 0 Å². The fraction of sp³-hybridized carbons (Fsp3) is 0.312. The SMILES string of the molecule is CCC(CC)(C(N)=O)c1cccc2ccccc12.Cl. The second-order valence-electron chi connectivity index (χ2n) is 4.68. The quantitative estimate of drug-likeness (QED) is 0.907. The molecule has 19 heavy (non-hydrogen) atoms. The third-order valence-corrected chi connectivity index (χ3v) is 3.98. The Balaban J connectivity index is 0.00000180. The van der Waals surface area contributed by atoms with Crippen LogP contribution in [0.4, 0.5) is 0 Å². The molecule has 2 aromatic rings. The lowest BCUT2D eigenvalue weighted by Crippen LogP contribution is -2.40. The molecule has 0 atom stereocenters. The van der Waals surface area contributed by atoms with E-state index in [1.807, 2.05) is 38.1 Å². The third-order valence-electron chi connectivity index (χ3n) is 3.98. The lowest BCUT2D eigenvalue weighted by molar-refractivity contribution is -0.123. The predicted molar refractivity (Wildman–Crippen MR) is 82.7 cm³/mol. The minimum atomic E-state index is -0.555. The molecule has 0 spiro atoms. The average molecular weight is 278 g/mol. The Hall–Kier alpha value is -1.54. The molecule has 0 aromatic heterocycles. The summed E-state index contributed by atoms with van der Waals surface area (Å²) in [6.07, 6.45) is 1.46. The van der Waals surface area contributed by atoms with Gasteiger partial charge in [-0.1, -0.05) is 56.3 Å². The minimum Gasteiger partial charge on any atom is -0.369 e. The minimum absolute atomic E-state index is 0. The predicted octanol–water partition coefficient (Wildman–Crippen LogP) is 3.80. The number of carbonyl (C=O) groups excluding carboxylic acids is 1. The zero-order valence-electron chi connectivity index (χ0n) is 11.3. The van der Waals surface area contributed by atoms with Gasteiger partial charge in [0.25, 0.3) is 0 Å². The number of halogens is 1. The summed E-state index contributed by atoms with van der Waals surface area (Å²) in [7, 11) is 0. The van der Waals surface area contributed by atoms with Gasteiger partial charge in [-0.15, -0.1) is 12.4 Å². The molecule has 0 saturated heterocycles. The van der Waals surface area contributed by atoms with Crippen molar-refractivity contribution in [3.63, 3.8) is 0 Å². The summed E-state index contributed by atoms with van der Waals surface area (Å²) in [6.45, 7) is 4.05. The van der Waals surface area contributed by atoms with Gasteiger partial charge in [-0.05, 0) is 29.2 Å². The van der Waals surface area contributed by atoms with Crippen LogP contribution in [0.25, 0.3) is 10.8 Å². The van der Waals surface area contributed by atoms with Crippen molar-refractivity contribution in [3.05, 3.63) is 48.0 Å². The molecule has 0 bridgehead atoms. The standard InChI is InChI=1S/C16H19NO.ClH/c1-3-16(4-2,15(17)18)14-11-7-9-12-8-5-6-10-13(12)14;/h5-11H,3-4H2,1-2H3,(H2,17,18);1H. The Kier molecular flexibility index (Phi) is 4.96. The summed E-state index contributed by atoms with van der Waals surface area (Å²) in [5.41, 5.74) is 6.18. The number of carbonyl (C=O) groups is 1. The van der Waals surface area contributed by atoms with Crippen molar-refractivity contribution in [2.75, 3.05) is 0 Å². The summed E-state index contributed by atoms with van der Waals surface area (Å²) in [4.78, 5) is 11.9. The zero-order chi connectivity index (χ0) is 13.2. The van der Waals surface area contributed by atoms with Crippen LogP contribution in [0.1, 0.15) is 32.3 Å². The van der Waals surface area contributed by atoms with Crippen molar-refractivity contribution < 1.29 is 4.79 Å². The highest BCUT2D eigenvalue weighted by Crippen LogP contribution is 2.36. The first-order chi connectivity index (χ1) is 8.65. The van der Waals surface area contributed by atoms with Gasteiger partial charge in [0.1, 0.15) is 0 Å². The van der Waals surface area contributed by atoms with Gasteiger partial charge in [0, 0.05) is 0 Å². The van der Waals surface area contributed by atoms with E-state index in [1.165, 1.54) is 0 Å². The highest BCUT2D eigenvalue weighted by Gasteiger charge is 2.35. The molecule has 2 aromatic carbocycles. The normalized spacial score (nSPS) is 11.1. The fourth-order valence-corrected chi connectivity index (χ4v) is 2.75. The number of benzene rings is 2. The van der Waals surface area contributed by atoms with Crippen LogP contribution in [-0.2, 0) is 10.2 Å². The number of hydrogen-bond donors (Lipinski definition) is 1. The zero-order valence-corrected chi connectivity index (χ0v) is 12.2. The van der Waals surface area contributed by atoms with Crippen LogP contribution in [-0.4, -0.2) is 5.91 Å². The summed E-state index contributed by atoms with van der Waals surface area (Å²) in [6, 6.07) is 14.2. The van der Waals surface area contributed by atoms with Gasteiger partial charge in [-0.3, -0.25) is 4.79 Å². The second kappa shape index (κ2) is 6.07. The Labute approximate surface area is 120 Å². The van der Waals surface area contributed by atoms with Crippen LogP contribution >= 0.6 is 12.4 Å². The van der Waals surface area contributed by atoms with Crippen molar-refractivity contribution in [1.29, 1.82) is 0 Å². The molecule has 102 valence electrons. The first-order valence-electron chi connectivity index (χ1n) is 6.44. The van der Waals surface area contributed by atoms with Gasteiger partial charge in [0.05, 0.1) is 5.41 Å². The van der Waals surface area contributed by atoms with Gasteiger partial charge in [-0.25, -0.2) is 0 Å². The monoisotopic (exact) mass is 277 g/mol. The van der Waals surface area contributed by atoms with Crippen molar-refractivity contribution in [3.8, 4) is 0 Å². The Morgan fingerprint density at radius 3 is 2.21 bits per heavy atom. The van der Waals surface area contributed by atoms with Gasteiger partial charge in [0.15, 0.2) is 0 Å². The summed E-state index contributed by atoms with van der Waals surface area (Å²) in [5.74, 6) is -0.233. The molecule has 1 amide bonds. The molecule has 0 aliphatic heterocycles. The van der Waals surface area contributed by atoms with Crippen LogP contribution in [0.2, 0.25) is 0 Å². The maximum absolute atomic E-state index is 11.9. The molecular formula is C16H20ClNO. The van der Waals surface area contributed by atoms with E-state index in [-0.39, 0.29) is 18.3 Å². The number of primary amides is 1. The van der Waals surface area contributed by atoms with Crippen LogP contribution in [0.5, 0.6) is 0 Å². The first-order valence-corrected chi connectivity index (χ1v) is 6.44. The van der Waals surface area contributed by atoms with E-state index in [4.69, 9.17) is 5.73 Å². The number of nitrogens with two attached hydrogens (primary N) is 1. The maximum Gasteiger partial charge on any atom is 0.228 e. The topological polar surface area (TPSA) is 43.1 Å². The molecule has 2 nitrogen and oxygen atoms in total. The number of fused-ring (bicyclic) bond motifs is 1. The lowest BCUT2D eigenvalue weighted by Gasteiger charge is -2.29. The Bertz CT molecular complexity index is 570. The van der Waals surface area contributed by atoms with Gasteiger partial charge < -0.3 is 5.73 Å². The van der Waals surface area contributed by atoms with Crippen molar-refractivity contribution in [2.24, 2.45) is 5.73 Å². The molecule has 2 N–H and O–H groups in total. The molecule has 0 unspecified atom stereocenters. The molecule has 2 rings (SSSR count). The highest BCUT2D eigenvalue weighted by molar-refractivity contribution is 5.95. The largest absolute Gasteiger partial charge is 0.369 e. The average Bonchev–Trinajstić information content (AvgIpc) is 2.40. The van der Waals surface area contributed by atoms with Crippen LogP contribution in [0.15, 0.2) is 42.5 Å². The molecule has 0 radical (unpaired) electrons. The maximum atomic E-state index is 11.9. The summed E-state index contributed by atoms with van der Waals surface area (Å²) in [5, 5.41) is 2.28. The summed E-state index contributed by atoms with van der Waals surface area (Å²) < 4.78 is 0. The lowest BCUT2D eigenvalue weighted by atomic mass is 9.73. The van der Waals surface area contributed by atoms with Crippen molar-refractivity contribution in [2.45, 2.75) is 32.1 Å². The molecule has 0 saturated carbocycles. The van der Waals surface area contributed by atoms with Gasteiger partial charge in [-0.2, -0.15) is 0 Å². The second-order valence-corrected chi connectivity index (χ2v) is 4.68.